The number of aryl methyl sites for hydroxylation is 1. The molecule has 2 rings (SSSR count). The quantitative estimate of drug-likeness (QED) is 0.778. The van der Waals surface area contributed by atoms with Crippen LogP contribution in [0, 0.1) is 12.7 Å². The van der Waals surface area contributed by atoms with Crippen LogP contribution in [-0.4, -0.2) is 27.1 Å². The molecular weight excluding hydrogens is 379 g/mol. The summed E-state index contributed by atoms with van der Waals surface area (Å²) >= 11 is 5.92. The summed E-state index contributed by atoms with van der Waals surface area (Å²) in [6.07, 6.45) is 1.09. The number of benzene rings is 2. The molecule has 0 spiro atoms. The van der Waals surface area contributed by atoms with Crippen LogP contribution in [0.1, 0.15) is 17.5 Å². The van der Waals surface area contributed by atoms with E-state index in [1.165, 1.54) is 16.4 Å². The van der Waals surface area contributed by atoms with Crippen LogP contribution in [0.25, 0.3) is 0 Å². The summed E-state index contributed by atoms with van der Waals surface area (Å²) in [4.78, 5) is 12.1. The number of rotatable bonds is 7. The van der Waals surface area contributed by atoms with Gasteiger partial charge in [0.2, 0.25) is 15.9 Å². The van der Waals surface area contributed by atoms with Crippen molar-refractivity contribution in [3.05, 3.63) is 64.4 Å². The lowest BCUT2D eigenvalue weighted by Crippen LogP contribution is -2.35. The molecule has 0 aliphatic rings. The molecular formula is C18H20ClFN2O3S. The number of nitrogens with one attached hydrogen (secondary N) is 1. The summed E-state index contributed by atoms with van der Waals surface area (Å²) in [5, 5.41) is 3.21. The lowest BCUT2D eigenvalue weighted by molar-refractivity contribution is -0.121. The molecule has 0 heterocycles. The molecule has 2 aromatic carbocycles. The smallest absolute Gasteiger partial charge is 0.232 e. The van der Waals surface area contributed by atoms with Gasteiger partial charge in [0.15, 0.2) is 0 Å². The van der Waals surface area contributed by atoms with Gasteiger partial charge in [0.1, 0.15) is 5.82 Å². The first-order chi connectivity index (χ1) is 12.2. The second-order valence-electron chi connectivity index (χ2n) is 5.92. The zero-order valence-corrected chi connectivity index (χ0v) is 16.1. The van der Waals surface area contributed by atoms with Crippen molar-refractivity contribution in [2.24, 2.45) is 0 Å². The number of halogens is 2. The van der Waals surface area contributed by atoms with Gasteiger partial charge in [0, 0.05) is 24.5 Å². The van der Waals surface area contributed by atoms with Crippen molar-refractivity contribution in [2.75, 3.05) is 17.1 Å². The Morgan fingerprint density at radius 2 is 1.85 bits per heavy atom. The minimum atomic E-state index is -3.55. The summed E-state index contributed by atoms with van der Waals surface area (Å²) in [7, 11) is -3.55. The number of hydrogen-bond acceptors (Lipinski definition) is 3. The molecule has 0 aromatic heterocycles. The van der Waals surface area contributed by atoms with Gasteiger partial charge in [0.25, 0.3) is 0 Å². The van der Waals surface area contributed by atoms with Crippen molar-refractivity contribution in [2.45, 2.75) is 19.9 Å². The average Bonchev–Trinajstić information content (AvgIpc) is 2.55. The van der Waals surface area contributed by atoms with E-state index in [0.29, 0.717) is 16.3 Å². The highest BCUT2D eigenvalue weighted by Crippen LogP contribution is 2.25. The fourth-order valence-electron chi connectivity index (χ4n) is 2.46. The van der Waals surface area contributed by atoms with Gasteiger partial charge in [-0.1, -0.05) is 23.7 Å². The highest BCUT2D eigenvalue weighted by Gasteiger charge is 2.20. The summed E-state index contributed by atoms with van der Waals surface area (Å²) in [6.45, 7) is 2.02. The molecule has 0 atom stereocenters. The molecule has 0 saturated carbocycles. The van der Waals surface area contributed by atoms with Gasteiger partial charge in [-0.25, -0.2) is 12.8 Å². The van der Waals surface area contributed by atoms with Gasteiger partial charge in [0.05, 0.1) is 11.9 Å². The number of amides is 1. The Labute approximate surface area is 157 Å². The van der Waals surface area contributed by atoms with Gasteiger partial charge in [-0.15, -0.1) is 0 Å². The van der Waals surface area contributed by atoms with Crippen molar-refractivity contribution >= 4 is 33.2 Å². The lowest BCUT2D eigenvalue weighted by Gasteiger charge is -2.24. The standard InChI is InChI=1S/C18H20ClFN2O3S/c1-13-11-15(19)5-8-17(13)22(26(2,24)25)10-9-18(23)21-12-14-3-6-16(20)7-4-14/h3-8,11H,9-10,12H2,1-2H3,(H,21,23). The zero-order valence-electron chi connectivity index (χ0n) is 14.5. The van der Waals surface area contributed by atoms with E-state index in [1.807, 2.05) is 0 Å². The maximum Gasteiger partial charge on any atom is 0.232 e. The lowest BCUT2D eigenvalue weighted by atomic mass is 10.2. The molecule has 0 bridgehead atoms. The first kappa shape index (κ1) is 20.2. The van der Waals surface area contributed by atoms with Crippen LogP contribution in [0.3, 0.4) is 0 Å². The van der Waals surface area contributed by atoms with E-state index in [1.54, 1.807) is 37.3 Å². The van der Waals surface area contributed by atoms with Crippen LogP contribution in [0.15, 0.2) is 42.5 Å². The fourth-order valence-corrected chi connectivity index (χ4v) is 3.67. The third-order valence-electron chi connectivity index (χ3n) is 3.77. The van der Waals surface area contributed by atoms with Crippen molar-refractivity contribution < 1.29 is 17.6 Å². The van der Waals surface area contributed by atoms with E-state index in [-0.39, 0.29) is 31.2 Å². The predicted octanol–water partition coefficient (Wildman–Crippen LogP) is 3.26. The number of sulfonamides is 1. The van der Waals surface area contributed by atoms with Crippen LogP contribution in [0.2, 0.25) is 5.02 Å². The van der Waals surface area contributed by atoms with Gasteiger partial charge < -0.3 is 5.32 Å². The Hall–Kier alpha value is -2.12. The number of carbonyl (C=O) groups is 1. The Morgan fingerprint density at radius 1 is 1.19 bits per heavy atom. The van der Waals surface area contributed by atoms with Gasteiger partial charge >= 0.3 is 0 Å². The minimum absolute atomic E-state index is 0.00364. The second kappa shape index (κ2) is 8.51. The molecule has 140 valence electrons. The Morgan fingerprint density at radius 3 is 2.42 bits per heavy atom. The number of carbonyl (C=O) groups excluding carboxylic acids is 1. The SMILES string of the molecule is Cc1cc(Cl)ccc1N(CCC(=O)NCc1ccc(F)cc1)S(C)(=O)=O. The van der Waals surface area contributed by atoms with E-state index in [4.69, 9.17) is 11.6 Å². The number of hydrogen-bond donors (Lipinski definition) is 1. The topological polar surface area (TPSA) is 66.5 Å². The third-order valence-corrected chi connectivity index (χ3v) is 5.19. The van der Waals surface area contributed by atoms with Gasteiger partial charge in [-0.3, -0.25) is 9.10 Å². The van der Waals surface area contributed by atoms with Crippen LogP contribution in [0.4, 0.5) is 10.1 Å². The Balaban J connectivity index is 2.01. The van der Waals surface area contributed by atoms with Crippen molar-refractivity contribution in [1.82, 2.24) is 5.32 Å². The van der Waals surface area contributed by atoms with Crippen molar-refractivity contribution in [3.63, 3.8) is 0 Å². The van der Waals surface area contributed by atoms with Gasteiger partial charge in [-0.05, 0) is 48.4 Å². The average molecular weight is 399 g/mol. The number of anilines is 1. The molecule has 0 fully saturated rings. The van der Waals surface area contributed by atoms with E-state index in [0.717, 1.165) is 11.8 Å². The highest BCUT2D eigenvalue weighted by molar-refractivity contribution is 7.92. The molecule has 0 aliphatic carbocycles. The number of nitrogens with zero attached hydrogens (tertiary/aromatic N) is 1. The summed E-state index contributed by atoms with van der Waals surface area (Å²) in [5.41, 5.74) is 1.95. The molecule has 0 saturated heterocycles. The van der Waals surface area contributed by atoms with Crippen LogP contribution < -0.4 is 9.62 Å². The molecule has 0 aliphatic heterocycles. The molecule has 26 heavy (non-hydrogen) atoms. The maximum absolute atomic E-state index is 12.9. The van der Waals surface area contributed by atoms with Crippen molar-refractivity contribution in [3.8, 4) is 0 Å². The Kier molecular flexibility index (Phi) is 6.61. The van der Waals surface area contributed by atoms with E-state index in [9.17, 15) is 17.6 Å². The minimum Gasteiger partial charge on any atom is -0.352 e. The van der Waals surface area contributed by atoms with E-state index in [2.05, 4.69) is 5.32 Å². The summed E-state index contributed by atoms with van der Waals surface area (Å²) < 4.78 is 38.3. The Bertz CT molecular complexity index is 886. The first-order valence-electron chi connectivity index (χ1n) is 7.92. The zero-order chi connectivity index (χ0) is 19.3. The maximum atomic E-state index is 12.9. The highest BCUT2D eigenvalue weighted by atomic mass is 35.5. The third kappa shape index (κ3) is 5.71. The molecule has 1 N–H and O–H groups in total. The molecule has 8 heteroatoms. The van der Waals surface area contributed by atoms with E-state index >= 15 is 0 Å². The van der Waals surface area contributed by atoms with Gasteiger partial charge in [-0.2, -0.15) is 0 Å². The summed E-state index contributed by atoms with van der Waals surface area (Å²) in [5.74, 6) is -0.642. The molecule has 0 radical (unpaired) electrons. The normalized spacial score (nSPS) is 11.2. The monoisotopic (exact) mass is 398 g/mol. The molecule has 0 unspecified atom stereocenters. The van der Waals surface area contributed by atoms with E-state index < -0.39 is 10.0 Å². The van der Waals surface area contributed by atoms with Crippen molar-refractivity contribution in [1.29, 1.82) is 0 Å². The van der Waals surface area contributed by atoms with Crippen LogP contribution >= 0.6 is 11.6 Å². The molecule has 5 nitrogen and oxygen atoms in total. The summed E-state index contributed by atoms with van der Waals surface area (Å²) in [6, 6.07) is 10.7. The fraction of sp³-hybridized carbons (Fsp3) is 0.278. The van der Waals surface area contributed by atoms with Crippen LogP contribution in [-0.2, 0) is 21.4 Å². The molecule has 2 aromatic rings. The first-order valence-corrected chi connectivity index (χ1v) is 10.1. The second-order valence-corrected chi connectivity index (χ2v) is 8.26. The predicted molar refractivity (Wildman–Crippen MR) is 101 cm³/mol. The molecule has 1 amide bonds. The van der Waals surface area contributed by atoms with Crippen LogP contribution in [0.5, 0.6) is 0 Å². The largest absolute Gasteiger partial charge is 0.352 e.